The van der Waals surface area contributed by atoms with E-state index in [1.54, 1.807) is 26.0 Å². The SMILES string of the molecule is COc1ccc(-n2cnnc2SCC(=O)NCc2ccc(Cn3ccnc3)cc2)cc1. The Balaban J connectivity index is 1.27. The minimum Gasteiger partial charge on any atom is -0.497 e. The maximum atomic E-state index is 12.3. The van der Waals surface area contributed by atoms with E-state index in [0.29, 0.717) is 11.7 Å². The quantitative estimate of drug-likeness (QED) is 0.408. The number of amides is 1. The lowest BCUT2D eigenvalue weighted by molar-refractivity contribution is -0.118. The molecule has 0 saturated heterocycles. The summed E-state index contributed by atoms with van der Waals surface area (Å²) in [5, 5.41) is 11.7. The Bertz CT molecular complexity index is 1110. The number of thioether (sulfide) groups is 1. The van der Waals surface area contributed by atoms with Crippen molar-refractivity contribution in [2.45, 2.75) is 18.2 Å². The van der Waals surface area contributed by atoms with Crippen LogP contribution >= 0.6 is 11.8 Å². The molecule has 9 heteroatoms. The summed E-state index contributed by atoms with van der Waals surface area (Å²) in [4.78, 5) is 16.4. The summed E-state index contributed by atoms with van der Waals surface area (Å²) in [6.07, 6.45) is 7.12. The van der Waals surface area contributed by atoms with Gasteiger partial charge in [-0.3, -0.25) is 9.36 Å². The first kappa shape index (κ1) is 20.7. The zero-order valence-electron chi connectivity index (χ0n) is 17.0. The summed E-state index contributed by atoms with van der Waals surface area (Å²) in [5.41, 5.74) is 3.14. The van der Waals surface area contributed by atoms with Crippen molar-refractivity contribution < 1.29 is 9.53 Å². The van der Waals surface area contributed by atoms with E-state index in [0.717, 1.165) is 23.5 Å². The minimum atomic E-state index is -0.0585. The first-order valence-corrected chi connectivity index (χ1v) is 10.7. The van der Waals surface area contributed by atoms with Gasteiger partial charge >= 0.3 is 0 Å². The Morgan fingerprint density at radius 1 is 1.06 bits per heavy atom. The topological polar surface area (TPSA) is 86.9 Å². The van der Waals surface area contributed by atoms with Crippen LogP contribution in [0.15, 0.2) is 78.7 Å². The number of hydrogen-bond acceptors (Lipinski definition) is 6. The normalized spacial score (nSPS) is 10.7. The monoisotopic (exact) mass is 434 g/mol. The highest BCUT2D eigenvalue weighted by Gasteiger charge is 2.10. The van der Waals surface area contributed by atoms with Gasteiger partial charge in [-0.15, -0.1) is 10.2 Å². The van der Waals surface area contributed by atoms with Crippen molar-refractivity contribution in [1.29, 1.82) is 0 Å². The number of hydrogen-bond donors (Lipinski definition) is 1. The summed E-state index contributed by atoms with van der Waals surface area (Å²) in [6, 6.07) is 15.8. The zero-order valence-corrected chi connectivity index (χ0v) is 17.8. The third kappa shape index (κ3) is 5.52. The van der Waals surface area contributed by atoms with Crippen molar-refractivity contribution in [3.63, 3.8) is 0 Å². The molecule has 158 valence electrons. The second kappa shape index (κ2) is 9.94. The molecule has 0 unspecified atom stereocenters. The highest BCUT2D eigenvalue weighted by molar-refractivity contribution is 7.99. The molecule has 1 amide bonds. The van der Waals surface area contributed by atoms with Crippen LogP contribution in [0.25, 0.3) is 5.69 Å². The van der Waals surface area contributed by atoms with Crippen LogP contribution in [0.3, 0.4) is 0 Å². The fraction of sp³-hybridized carbons (Fsp3) is 0.182. The van der Waals surface area contributed by atoms with Gasteiger partial charge in [0, 0.05) is 31.2 Å². The lowest BCUT2D eigenvalue weighted by atomic mass is 10.1. The number of imidazole rings is 1. The van der Waals surface area contributed by atoms with Gasteiger partial charge < -0.3 is 14.6 Å². The number of nitrogens with one attached hydrogen (secondary N) is 1. The number of carbonyl (C=O) groups is 1. The highest BCUT2D eigenvalue weighted by atomic mass is 32.2. The fourth-order valence-corrected chi connectivity index (χ4v) is 3.74. The molecule has 0 aliphatic rings. The molecular weight excluding hydrogens is 412 g/mol. The molecule has 0 radical (unpaired) electrons. The number of carbonyl (C=O) groups excluding carboxylic acids is 1. The van der Waals surface area contributed by atoms with E-state index in [-0.39, 0.29) is 11.7 Å². The van der Waals surface area contributed by atoms with E-state index in [2.05, 4.69) is 32.6 Å². The largest absolute Gasteiger partial charge is 0.497 e. The lowest BCUT2D eigenvalue weighted by Crippen LogP contribution is -2.24. The van der Waals surface area contributed by atoms with Crippen LogP contribution in [0.5, 0.6) is 5.75 Å². The second-order valence-corrected chi connectivity index (χ2v) is 7.74. The Morgan fingerprint density at radius 2 is 1.84 bits per heavy atom. The molecule has 0 atom stereocenters. The maximum Gasteiger partial charge on any atom is 0.230 e. The van der Waals surface area contributed by atoms with Crippen LogP contribution < -0.4 is 10.1 Å². The lowest BCUT2D eigenvalue weighted by Gasteiger charge is -2.08. The van der Waals surface area contributed by atoms with Gasteiger partial charge in [-0.05, 0) is 35.4 Å². The molecular formula is C22H22N6O2S. The van der Waals surface area contributed by atoms with Crippen LogP contribution in [0.1, 0.15) is 11.1 Å². The minimum absolute atomic E-state index is 0.0585. The van der Waals surface area contributed by atoms with Gasteiger partial charge in [-0.2, -0.15) is 0 Å². The Labute approximate surface area is 184 Å². The Kier molecular flexibility index (Phi) is 6.63. The molecule has 2 aromatic heterocycles. The van der Waals surface area contributed by atoms with Crippen LogP contribution in [0, 0.1) is 0 Å². The van der Waals surface area contributed by atoms with E-state index in [1.807, 2.05) is 51.7 Å². The maximum absolute atomic E-state index is 12.3. The van der Waals surface area contributed by atoms with Crippen molar-refractivity contribution in [2.24, 2.45) is 0 Å². The number of benzene rings is 2. The van der Waals surface area contributed by atoms with Gasteiger partial charge in [0.1, 0.15) is 12.1 Å². The standard InChI is InChI=1S/C22H22N6O2S/c1-30-20-8-6-19(7-9-20)28-16-25-26-22(28)31-14-21(29)24-12-17-2-4-18(5-3-17)13-27-11-10-23-15-27/h2-11,15-16H,12-14H2,1H3,(H,24,29). The number of nitrogens with zero attached hydrogens (tertiary/aromatic N) is 5. The van der Waals surface area contributed by atoms with Crippen LogP contribution in [0.2, 0.25) is 0 Å². The van der Waals surface area contributed by atoms with Crippen LogP contribution in [-0.2, 0) is 17.9 Å². The molecule has 4 rings (SSSR count). The summed E-state index contributed by atoms with van der Waals surface area (Å²) >= 11 is 1.34. The number of aromatic nitrogens is 5. The van der Waals surface area contributed by atoms with Gasteiger partial charge in [0.05, 0.1) is 19.2 Å². The first-order chi connectivity index (χ1) is 15.2. The van der Waals surface area contributed by atoms with Crippen molar-refractivity contribution in [2.75, 3.05) is 12.9 Å². The van der Waals surface area contributed by atoms with Gasteiger partial charge in [-0.25, -0.2) is 4.98 Å². The molecule has 0 fully saturated rings. The van der Waals surface area contributed by atoms with Crippen molar-refractivity contribution in [3.05, 3.63) is 84.7 Å². The van der Waals surface area contributed by atoms with Crippen molar-refractivity contribution >= 4 is 17.7 Å². The molecule has 2 aromatic carbocycles. The van der Waals surface area contributed by atoms with Gasteiger partial charge in [-0.1, -0.05) is 36.0 Å². The van der Waals surface area contributed by atoms with Crippen molar-refractivity contribution in [1.82, 2.24) is 29.6 Å². The molecule has 0 aliphatic heterocycles. The Morgan fingerprint density at radius 3 is 2.55 bits per heavy atom. The predicted octanol–water partition coefficient (Wildman–Crippen LogP) is 2.93. The average molecular weight is 435 g/mol. The molecule has 0 aliphatic carbocycles. The van der Waals surface area contributed by atoms with E-state index >= 15 is 0 Å². The molecule has 8 nitrogen and oxygen atoms in total. The van der Waals surface area contributed by atoms with E-state index in [9.17, 15) is 4.79 Å². The smallest absolute Gasteiger partial charge is 0.230 e. The molecule has 4 aromatic rings. The molecule has 0 bridgehead atoms. The average Bonchev–Trinajstić information content (AvgIpc) is 3.49. The van der Waals surface area contributed by atoms with E-state index in [1.165, 1.54) is 17.3 Å². The predicted molar refractivity (Wildman–Crippen MR) is 118 cm³/mol. The summed E-state index contributed by atoms with van der Waals surface area (Å²) in [6.45, 7) is 1.26. The van der Waals surface area contributed by atoms with Crippen LogP contribution in [0.4, 0.5) is 0 Å². The number of ether oxygens (including phenoxy) is 1. The summed E-state index contributed by atoms with van der Waals surface area (Å²) in [5.74, 6) is 0.977. The number of rotatable bonds is 9. The summed E-state index contributed by atoms with van der Waals surface area (Å²) < 4.78 is 9.04. The third-order valence-electron chi connectivity index (χ3n) is 4.64. The van der Waals surface area contributed by atoms with Crippen LogP contribution in [-0.4, -0.2) is 43.1 Å². The molecule has 1 N–H and O–H groups in total. The van der Waals surface area contributed by atoms with Gasteiger partial charge in [0.25, 0.3) is 0 Å². The second-order valence-electron chi connectivity index (χ2n) is 6.80. The molecule has 2 heterocycles. The highest BCUT2D eigenvalue weighted by Crippen LogP contribution is 2.21. The molecule has 0 spiro atoms. The van der Waals surface area contributed by atoms with Gasteiger partial charge in [0.15, 0.2) is 5.16 Å². The third-order valence-corrected chi connectivity index (χ3v) is 5.58. The Hall–Kier alpha value is -3.59. The van der Waals surface area contributed by atoms with Crippen molar-refractivity contribution in [3.8, 4) is 11.4 Å². The van der Waals surface area contributed by atoms with E-state index in [4.69, 9.17) is 4.74 Å². The fourth-order valence-electron chi connectivity index (χ4n) is 2.98. The summed E-state index contributed by atoms with van der Waals surface area (Å²) in [7, 11) is 1.63. The number of methoxy groups -OCH3 is 1. The van der Waals surface area contributed by atoms with E-state index < -0.39 is 0 Å². The first-order valence-electron chi connectivity index (χ1n) is 9.69. The zero-order chi connectivity index (χ0) is 21.5. The van der Waals surface area contributed by atoms with Gasteiger partial charge in [0.2, 0.25) is 5.91 Å². The molecule has 31 heavy (non-hydrogen) atoms. The molecule has 0 saturated carbocycles.